The second-order valence-electron chi connectivity index (χ2n) is 5.39. The topological polar surface area (TPSA) is 78.9 Å². The molecule has 2 N–H and O–H groups in total. The number of likely N-dealkylation sites (tertiary alicyclic amines) is 1. The van der Waals surface area contributed by atoms with Crippen LogP contribution < -0.4 is 5.32 Å². The molecule has 0 saturated carbocycles. The predicted octanol–water partition coefficient (Wildman–Crippen LogP) is 1.23. The number of urea groups is 1. The fourth-order valence-corrected chi connectivity index (χ4v) is 2.80. The molecule has 0 spiro atoms. The van der Waals surface area contributed by atoms with Gasteiger partial charge in [0.25, 0.3) is 0 Å². The molecule has 0 aromatic carbocycles. The van der Waals surface area contributed by atoms with Crippen LogP contribution in [0.4, 0.5) is 4.79 Å². The van der Waals surface area contributed by atoms with E-state index in [1.54, 1.807) is 11.0 Å². The number of nitrogens with one attached hydrogen (secondary N) is 1. The molecule has 2 heterocycles. The number of amides is 2. The Kier molecular flexibility index (Phi) is 5.00. The Morgan fingerprint density at radius 2 is 2.15 bits per heavy atom. The number of carbonyl (C=O) groups excluding carboxylic acids is 1. The molecule has 2 amide bonds. The highest BCUT2D eigenvalue weighted by molar-refractivity contribution is 5.76. The van der Waals surface area contributed by atoms with Gasteiger partial charge in [-0.15, -0.1) is 6.58 Å². The second-order valence-corrected chi connectivity index (χ2v) is 5.39. The third-order valence-corrected chi connectivity index (χ3v) is 3.97. The normalized spacial score (nSPS) is 30.6. The summed E-state index contributed by atoms with van der Waals surface area (Å²) in [6, 6.07) is -0.266. The molecular weight excluding hydrogens is 260 g/mol. The van der Waals surface area contributed by atoms with Crippen LogP contribution in [0.3, 0.4) is 0 Å². The smallest absolute Gasteiger partial charge is 0.317 e. The number of carbonyl (C=O) groups is 2. The second kappa shape index (κ2) is 6.74. The summed E-state index contributed by atoms with van der Waals surface area (Å²) in [7, 11) is 0. The van der Waals surface area contributed by atoms with Crippen molar-refractivity contribution in [3.05, 3.63) is 12.7 Å². The highest BCUT2D eigenvalue weighted by atomic mass is 16.5. The van der Waals surface area contributed by atoms with Crippen LogP contribution in [0.1, 0.15) is 25.7 Å². The Morgan fingerprint density at radius 1 is 1.35 bits per heavy atom. The van der Waals surface area contributed by atoms with E-state index in [0.29, 0.717) is 19.6 Å². The number of nitrogens with zero attached hydrogens (tertiary/aromatic N) is 1. The highest BCUT2D eigenvalue weighted by Crippen LogP contribution is 2.18. The SMILES string of the molecule is C=C[C@@H]1OCCC[C@H]1NC(=O)N1CCCC(C(=O)O)C1. The zero-order valence-electron chi connectivity index (χ0n) is 11.6. The molecule has 2 saturated heterocycles. The van der Waals surface area contributed by atoms with Crippen LogP contribution >= 0.6 is 0 Å². The number of rotatable bonds is 3. The number of hydrogen-bond acceptors (Lipinski definition) is 3. The van der Waals surface area contributed by atoms with Crippen LogP contribution in [-0.2, 0) is 9.53 Å². The molecule has 0 aromatic rings. The summed E-state index contributed by atoms with van der Waals surface area (Å²) in [5.41, 5.74) is 0. The summed E-state index contributed by atoms with van der Waals surface area (Å²) in [4.78, 5) is 24.8. The average molecular weight is 282 g/mol. The van der Waals surface area contributed by atoms with E-state index < -0.39 is 11.9 Å². The molecule has 112 valence electrons. The van der Waals surface area contributed by atoms with E-state index in [0.717, 1.165) is 19.3 Å². The summed E-state index contributed by atoms with van der Waals surface area (Å²) in [6.07, 6.45) is 4.69. The van der Waals surface area contributed by atoms with Gasteiger partial charge in [0.1, 0.15) is 0 Å². The van der Waals surface area contributed by atoms with E-state index in [1.165, 1.54) is 0 Å². The molecule has 0 radical (unpaired) electrons. The number of carboxylic acid groups (broad SMARTS) is 1. The Balaban J connectivity index is 1.90. The van der Waals surface area contributed by atoms with Crippen LogP contribution in [0, 0.1) is 5.92 Å². The molecule has 0 bridgehead atoms. The van der Waals surface area contributed by atoms with Crippen molar-refractivity contribution >= 4 is 12.0 Å². The Labute approximate surface area is 118 Å². The number of piperidine rings is 1. The average Bonchev–Trinajstić information content (AvgIpc) is 2.48. The minimum absolute atomic E-state index is 0.0704. The summed E-state index contributed by atoms with van der Waals surface area (Å²) in [5.74, 6) is -1.28. The zero-order chi connectivity index (χ0) is 14.5. The minimum atomic E-state index is -0.826. The lowest BCUT2D eigenvalue weighted by Crippen LogP contribution is -2.53. The number of carboxylic acids is 1. The summed E-state index contributed by atoms with van der Waals surface area (Å²) < 4.78 is 5.54. The molecule has 2 fully saturated rings. The third kappa shape index (κ3) is 3.50. The van der Waals surface area contributed by atoms with Gasteiger partial charge in [0.05, 0.1) is 18.1 Å². The fraction of sp³-hybridized carbons (Fsp3) is 0.714. The Morgan fingerprint density at radius 3 is 2.85 bits per heavy atom. The van der Waals surface area contributed by atoms with Crippen molar-refractivity contribution in [2.24, 2.45) is 5.92 Å². The van der Waals surface area contributed by atoms with Gasteiger partial charge in [0, 0.05) is 19.7 Å². The first-order valence-corrected chi connectivity index (χ1v) is 7.14. The quantitative estimate of drug-likeness (QED) is 0.763. The zero-order valence-corrected chi connectivity index (χ0v) is 11.6. The fourth-order valence-electron chi connectivity index (χ4n) is 2.80. The predicted molar refractivity (Wildman–Crippen MR) is 73.4 cm³/mol. The van der Waals surface area contributed by atoms with Crippen LogP contribution in [-0.4, -0.2) is 53.8 Å². The first-order chi connectivity index (χ1) is 9.61. The van der Waals surface area contributed by atoms with Gasteiger partial charge < -0.3 is 20.1 Å². The molecule has 2 rings (SSSR count). The van der Waals surface area contributed by atoms with Crippen LogP contribution in [0.25, 0.3) is 0 Å². The maximum Gasteiger partial charge on any atom is 0.317 e. The van der Waals surface area contributed by atoms with E-state index in [9.17, 15) is 9.59 Å². The largest absolute Gasteiger partial charge is 0.481 e. The first kappa shape index (κ1) is 14.8. The number of hydrogen-bond donors (Lipinski definition) is 2. The number of aliphatic carboxylic acids is 1. The van der Waals surface area contributed by atoms with E-state index in [2.05, 4.69) is 11.9 Å². The molecule has 6 heteroatoms. The van der Waals surface area contributed by atoms with Crippen LogP contribution in [0.15, 0.2) is 12.7 Å². The van der Waals surface area contributed by atoms with Gasteiger partial charge in [0.15, 0.2) is 0 Å². The van der Waals surface area contributed by atoms with Gasteiger partial charge in [-0.2, -0.15) is 0 Å². The lowest BCUT2D eigenvalue weighted by molar-refractivity contribution is -0.143. The summed E-state index contributed by atoms with van der Waals surface area (Å²) in [5, 5.41) is 12.0. The lowest BCUT2D eigenvalue weighted by atomic mass is 9.98. The van der Waals surface area contributed by atoms with Gasteiger partial charge >= 0.3 is 12.0 Å². The minimum Gasteiger partial charge on any atom is -0.481 e. The monoisotopic (exact) mass is 282 g/mol. The van der Waals surface area contributed by atoms with Crippen molar-refractivity contribution in [1.29, 1.82) is 0 Å². The summed E-state index contributed by atoms with van der Waals surface area (Å²) >= 11 is 0. The van der Waals surface area contributed by atoms with Gasteiger partial charge in [-0.1, -0.05) is 6.08 Å². The van der Waals surface area contributed by atoms with Gasteiger partial charge in [-0.3, -0.25) is 4.79 Å². The summed E-state index contributed by atoms with van der Waals surface area (Å²) in [6.45, 7) is 5.31. The molecule has 3 atom stereocenters. The molecule has 2 aliphatic heterocycles. The highest BCUT2D eigenvalue weighted by Gasteiger charge is 2.31. The Hall–Kier alpha value is -1.56. The van der Waals surface area contributed by atoms with Crippen molar-refractivity contribution < 1.29 is 19.4 Å². The van der Waals surface area contributed by atoms with Gasteiger partial charge in [-0.05, 0) is 25.7 Å². The number of ether oxygens (including phenoxy) is 1. The van der Waals surface area contributed by atoms with Gasteiger partial charge in [-0.25, -0.2) is 4.79 Å². The molecule has 20 heavy (non-hydrogen) atoms. The van der Waals surface area contributed by atoms with Crippen LogP contribution in [0.2, 0.25) is 0 Å². The maximum absolute atomic E-state index is 12.2. The standard InChI is InChI=1S/C14H22N2O4/c1-2-12-11(6-4-8-20-12)15-14(19)16-7-3-5-10(9-16)13(17)18/h2,10-12H,1,3-9H2,(H,15,19)(H,17,18)/t10?,11-,12+/m1/s1. The van der Waals surface area contributed by atoms with Crippen LogP contribution in [0.5, 0.6) is 0 Å². The molecule has 0 aromatic heterocycles. The maximum atomic E-state index is 12.2. The van der Waals surface area contributed by atoms with Crippen molar-refractivity contribution in [3.8, 4) is 0 Å². The molecule has 1 unspecified atom stereocenters. The van der Waals surface area contributed by atoms with E-state index in [1.807, 2.05) is 0 Å². The van der Waals surface area contributed by atoms with Crippen molar-refractivity contribution in [3.63, 3.8) is 0 Å². The molecular formula is C14H22N2O4. The van der Waals surface area contributed by atoms with Crippen molar-refractivity contribution in [2.75, 3.05) is 19.7 Å². The van der Waals surface area contributed by atoms with E-state index >= 15 is 0 Å². The van der Waals surface area contributed by atoms with Gasteiger partial charge in [0.2, 0.25) is 0 Å². The first-order valence-electron chi connectivity index (χ1n) is 7.14. The lowest BCUT2D eigenvalue weighted by Gasteiger charge is -2.35. The molecule has 6 nitrogen and oxygen atoms in total. The molecule has 0 aliphatic carbocycles. The van der Waals surface area contributed by atoms with E-state index in [-0.39, 0.29) is 24.7 Å². The third-order valence-electron chi connectivity index (χ3n) is 3.97. The van der Waals surface area contributed by atoms with Crippen molar-refractivity contribution in [1.82, 2.24) is 10.2 Å². The Bertz CT molecular complexity index is 385. The van der Waals surface area contributed by atoms with Crippen molar-refractivity contribution in [2.45, 2.75) is 37.8 Å². The molecule has 2 aliphatic rings. The van der Waals surface area contributed by atoms with E-state index in [4.69, 9.17) is 9.84 Å².